The van der Waals surface area contributed by atoms with Gasteiger partial charge in [0.2, 0.25) is 5.78 Å². The molecule has 0 bridgehead atoms. The lowest BCUT2D eigenvalue weighted by molar-refractivity contribution is -0.113. The van der Waals surface area contributed by atoms with Crippen LogP contribution in [-0.2, 0) is 16.6 Å². The SMILES string of the molecule is Cn1cc(C2=C(Cl)C(=O)C=C(Cl)C2=O)c2ccccc21. The summed E-state index contributed by atoms with van der Waals surface area (Å²) in [7, 11) is 1.87. The molecule has 0 amide bonds. The summed E-state index contributed by atoms with van der Waals surface area (Å²) in [5.74, 6) is -0.869. The van der Waals surface area contributed by atoms with Crippen molar-refractivity contribution >= 4 is 51.2 Å². The highest BCUT2D eigenvalue weighted by Gasteiger charge is 2.29. The van der Waals surface area contributed by atoms with Crippen LogP contribution in [0.1, 0.15) is 5.56 Å². The number of para-hydroxylation sites is 1. The van der Waals surface area contributed by atoms with Crippen LogP contribution in [0.3, 0.4) is 0 Å². The first-order valence-electron chi connectivity index (χ1n) is 5.91. The monoisotopic (exact) mass is 305 g/mol. The summed E-state index contributed by atoms with van der Waals surface area (Å²) in [6.45, 7) is 0. The number of rotatable bonds is 1. The van der Waals surface area contributed by atoms with Crippen molar-refractivity contribution in [3.05, 3.63) is 52.2 Å². The highest BCUT2D eigenvalue weighted by Crippen LogP contribution is 2.35. The van der Waals surface area contributed by atoms with Gasteiger partial charge in [0.25, 0.3) is 0 Å². The zero-order valence-electron chi connectivity index (χ0n) is 10.5. The van der Waals surface area contributed by atoms with Crippen LogP contribution in [0, 0.1) is 0 Å². The summed E-state index contributed by atoms with van der Waals surface area (Å²) >= 11 is 11.9. The van der Waals surface area contributed by atoms with Crippen molar-refractivity contribution in [1.29, 1.82) is 0 Å². The zero-order valence-corrected chi connectivity index (χ0v) is 12.0. The van der Waals surface area contributed by atoms with Gasteiger partial charge in [-0.15, -0.1) is 0 Å². The maximum absolute atomic E-state index is 12.2. The van der Waals surface area contributed by atoms with Gasteiger partial charge in [-0.1, -0.05) is 41.4 Å². The van der Waals surface area contributed by atoms with E-state index in [-0.39, 0.29) is 15.6 Å². The molecule has 3 nitrogen and oxygen atoms in total. The van der Waals surface area contributed by atoms with Crippen LogP contribution in [0.15, 0.2) is 46.6 Å². The lowest BCUT2D eigenvalue weighted by atomic mass is 9.95. The minimum atomic E-state index is -0.445. The standard InChI is InChI=1S/C15H9Cl2NO2/c1-18-7-9(8-4-2-3-5-11(8)18)13-14(17)12(19)6-10(16)15(13)20/h2-7H,1H3. The van der Waals surface area contributed by atoms with Gasteiger partial charge < -0.3 is 4.57 Å². The molecule has 100 valence electrons. The Morgan fingerprint density at radius 2 is 1.80 bits per heavy atom. The Labute approximate surface area is 125 Å². The number of carbonyl (C=O) groups excluding carboxylic acids is 2. The number of fused-ring (bicyclic) bond motifs is 1. The van der Waals surface area contributed by atoms with Gasteiger partial charge >= 0.3 is 0 Å². The number of halogens is 2. The Morgan fingerprint density at radius 3 is 2.55 bits per heavy atom. The van der Waals surface area contributed by atoms with E-state index in [4.69, 9.17) is 23.2 Å². The Hall–Kier alpha value is -1.84. The molecule has 0 aliphatic heterocycles. The van der Waals surface area contributed by atoms with Crippen LogP contribution in [-0.4, -0.2) is 16.1 Å². The molecule has 0 fully saturated rings. The first-order valence-corrected chi connectivity index (χ1v) is 6.66. The molecule has 3 rings (SSSR count). The second kappa shape index (κ2) is 4.62. The Morgan fingerprint density at radius 1 is 1.10 bits per heavy atom. The van der Waals surface area contributed by atoms with Crippen molar-refractivity contribution in [3.63, 3.8) is 0 Å². The molecule has 1 heterocycles. The molecule has 1 aromatic heterocycles. The number of aromatic nitrogens is 1. The number of Topliss-reactive ketones (excluding diaryl/α,β-unsaturated/α-hetero) is 1. The van der Waals surface area contributed by atoms with E-state index in [0.717, 1.165) is 17.0 Å². The van der Waals surface area contributed by atoms with E-state index in [9.17, 15) is 9.59 Å². The van der Waals surface area contributed by atoms with E-state index < -0.39 is 11.6 Å². The maximum atomic E-state index is 12.2. The van der Waals surface area contributed by atoms with Crippen molar-refractivity contribution in [2.45, 2.75) is 0 Å². The van der Waals surface area contributed by atoms with E-state index in [1.165, 1.54) is 0 Å². The quantitative estimate of drug-likeness (QED) is 0.757. The lowest BCUT2D eigenvalue weighted by Gasteiger charge is -2.11. The largest absolute Gasteiger partial charge is 0.350 e. The molecular formula is C15H9Cl2NO2. The number of benzene rings is 1. The molecule has 2 aromatic rings. The maximum Gasteiger partial charge on any atom is 0.206 e. The first kappa shape index (κ1) is 13.2. The van der Waals surface area contributed by atoms with Crippen LogP contribution >= 0.6 is 23.2 Å². The number of hydrogen-bond acceptors (Lipinski definition) is 2. The topological polar surface area (TPSA) is 39.1 Å². The van der Waals surface area contributed by atoms with E-state index >= 15 is 0 Å². The molecule has 0 saturated heterocycles. The van der Waals surface area contributed by atoms with Gasteiger partial charge in [0, 0.05) is 35.8 Å². The van der Waals surface area contributed by atoms with Crippen molar-refractivity contribution in [3.8, 4) is 0 Å². The van der Waals surface area contributed by atoms with Crippen molar-refractivity contribution in [1.82, 2.24) is 4.57 Å². The fourth-order valence-corrected chi connectivity index (χ4v) is 2.80. The minimum Gasteiger partial charge on any atom is -0.350 e. The molecule has 1 aromatic carbocycles. The van der Waals surface area contributed by atoms with Gasteiger partial charge in [-0.3, -0.25) is 9.59 Å². The number of allylic oxidation sites excluding steroid dienone is 4. The smallest absolute Gasteiger partial charge is 0.206 e. The van der Waals surface area contributed by atoms with Crippen molar-refractivity contribution in [2.75, 3.05) is 0 Å². The summed E-state index contributed by atoms with van der Waals surface area (Å²) in [4.78, 5) is 24.0. The fraction of sp³-hybridized carbons (Fsp3) is 0.0667. The van der Waals surface area contributed by atoms with E-state index in [0.29, 0.717) is 5.56 Å². The van der Waals surface area contributed by atoms with Crippen molar-refractivity contribution < 1.29 is 9.59 Å². The van der Waals surface area contributed by atoms with Gasteiger partial charge in [-0.25, -0.2) is 0 Å². The summed E-state index contributed by atoms with van der Waals surface area (Å²) in [5.41, 5.74) is 1.74. The summed E-state index contributed by atoms with van der Waals surface area (Å²) < 4.78 is 1.88. The molecule has 0 spiro atoms. The molecule has 0 saturated carbocycles. The Kier molecular flexibility index (Phi) is 3.04. The van der Waals surface area contributed by atoms with E-state index in [1.54, 1.807) is 6.20 Å². The van der Waals surface area contributed by atoms with Crippen molar-refractivity contribution in [2.24, 2.45) is 7.05 Å². The number of aryl methyl sites for hydroxylation is 1. The zero-order chi connectivity index (χ0) is 14.4. The molecule has 0 N–H and O–H groups in total. The number of carbonyl (C=O) groups is 2. The van der Waals surface area contributed by atoms with Gasteiger partial charge in [0.05, 0.1) is 15.6 Å². The van der Waals surface area contributed by atoms with Crippen LogP contribution in [0.5, 0.6) is 0 Å². The Balaban J connectivity index is 2.33. The predicted octanol–water partition coefficient (Wildman–Crippen LogP) is 3.40. The summed E-state index contributed by atoms with van der Waals surface area (Å²) in [5, 5.41) is 0.661. The minimum absolute atomic E-state index is 0.0873. The molecule has 5 heteroatoms. The van der Waals surface area contributed by atoms with Crippen LogP contribution in [0.2, 0.25) is 0 Å². The van der Waals surface area contributed by atoms with Crippen LogP contribution in [0.4, 0.5) is 0 Å². The van der Waals surface area contributed by atoms with Crippen LogP contribution < -0.4 is 0 Å². The molecule has 1 aliphatic carbocycles. The Bertz CT molecular complexity index is 828. The third-order valence-corrected chi connectivity index (χ3v) is 3.96. The first-order chi connectivity index (χ1) is 9.50. The second-order valence-electron chi connectivity index (χ2n) is 4.55. The highest BCUT2D eigenvalue weighted by atomic mass is 35.5. The molecule has 1 aliphatic rings. The van der Waals surface area contributed by atoms with Gasteiger partial charge in [-0.2, -0.15) is 0 Å². The molecule has 0 radical (unpaired) electrons. The number of hydrogen-bond donors (Lipinski definition) is 0. The lowest BCUT2D eigenvalue weighted by Crippen LogP contribution is -2.13. The molecule has 20 heavy (non-hydrogen) atoms. The highest BCUT2D eigenvalue weighted by molar-refractivity contribution is 6.62. The van der Waals surface area contributed by atoms with Gasteiger partial charge in [-0.05, 0) is 6.07 Å². The molecular weight excluding hydrogens is 297 g/mol. The third-order valence-electron chi connectivity index (χ3n) is 3.30. The van der Waals surface area contributed by atoms with Gasteiger partial charge in [0.15, 0.2) is 5.78 Å². The van der Waals surface area contributed by atoms with Crippen LogP contribution in [0.25, 0.3) is 16.5 Å². The summed E-state index contributed by atoms with van der Waals surface area (Å²) in [6.07, 6.45) is 2.84. The summed E-state index contributed by atoms with van der Waals surface area (Å²) in [6, 6.07) is 7.58. The molecule has 0 unspecified atom stereocenters. The third kappa shape index (κ3) is 1.82. The van der Waals surface area contributed by atoms with E-state index in [2.05, 4.69) is 0 Å². The molecule has 0 atom stereocenters. The average molecular weight is 306 g/mol. The fourth-order valence-electron chi connectivity index (χ4n) is 2.37. The number of nitrogens with zero attached hydrogens (tertiary/aromatic N) is 1. The normalized spacial score (nSPS) is 16.1. The van der Waals surface area contributed by atoms with Gasteiger partial charge in [0.1, 0.15) is 0 Å². The average Bonchev–Trinajstić information content (AvgIpc) is 2.75. The predicted molar refractivity (Wildman–Crippen MR) is 79.6 cm³/mol. The van der Waals surface area contributed by atoms with E-state index in [1.807, 2.05) is 35.9 Å². The second-order valence-corrected chi connectivity index (χ2v) is 5.33. The number of ketones is 2.